The zero-order valence-electron chi connectivity index (χ0n) is 8.55. The van der Waals surface area contributed by atoms with Gasteiger partial charge in [-0.1, -0.05) is 39.7 Å². The Kier molecular flexibility index (Phi) is 3.90. The van der Waals surface area contributed by atoms with Gasteiger partial charge in [0.2, 0.25) is 0 Å². The summed E-state index contributed by atoms with van der Waals surface area (Å²) in [7, 11) is 0. The lowest BCUT2D eigenvalue weighted by atomic mass is 10.0. The van der Waals surface area contributed by atoms with Crippen LogP contribution < -0.4 is 0 Å². The van der Waals surface area contributed by atoms with Crippen LogP contribution in [0, 0.1) is 6.92 Å². The van der Waals surface area contributed by atoms with Gasteiger partial charge in [-0.2, -0.15) is 0 Å². The molecule has 1 rings (SSSR count). The summed E-state index contributed by atoms with van der Waals surface area (Å²) in [4.78, 5) is 0. The Morgan fingerprint density at radius 3 is 2.79 bits per heavy atom. The van der Waals surface area contributed by atoms with Crippen LogP contribution in [0.3, 0.4) is 0 Å². The summed E-state index contributed by atoms with van der Waals surface area (Å²) < 4.78 is 0.994. The van der Waals surface area contributed by atoms with Crippen LogP contribution in [0.25, 0.3) is 0 Å². The predicted octanol–water partition coefficient (Wildman–Crippen LogP) is 3.76. The van der Waals surface area contributed by atoms with Crippen LogP contribution in [-0.4, -0.2) is 5.11 Å². The molecule has 0 saturated carbocycles. The summed E-state index contributed by atoms with van der Waals surface area (Å²) in [5.41, 5.74) is 3.07. The van der Waals surface area contributed by atoms with Crippen LogP contribution in [0.5, 0.6) is 0 Å². The van der Waals surface area contributed by atoms with Gasteiger partial charge in [-0.3, -0.25) is 0 Å². The van der Waals surface area contributed by atoms with E-state index in [0.29, 0.717) is 6.42 Å². The van der Waals surface area contributed by atoms with Gasteiger partial charge in [0.25, 0.3) is 0 Å². The minimum atomic E-state index is -0.457. The molecule has 0 saturated heterocycles. The standard InChI is InChI=1S/C12H15BrO/c1-8(2)7-11(14)10-6-4-5-9(3)12(10)13/h4-6,11,14H,1,7H2,2-3H3. The second-order valence-corrected chi connectivity index (χ2v) is 4.45. The Balaban J connectivity index is 2.95. The maximum Gasteiger partial charge on any atom is 0.0837 e. The lowest BCUT2D eigenvalue weighted by Gasteiger charge is -2.13. The normalized spacial score (nSPS) is 12.6. The first-order valence-corrected chi connectivity index (χ1v) is 5.39. The van der Waals surface area contributed by atoms with Gasteiger partial charge in [0.1, 0.15) is 0 Å². The molecule has 0 aliphatic rings. The quantitative estimate of drug-likeness (QED) is 0.815. The van der Waals surface area contributed by atoms with Gasteiger partial charge in [0, 0.05) is 4.47 Å². The molecular weight excluding hydrogens is 240 g/mol. The highest BCUT2D eigenvalue weighted by molar-refractivity contribution is 9.10. The number of hydrogen-bond donors (Lipinski definition) is 1. The van der Waals surface area contributed by atoms with Crippen LogP contribution in [0.2, 0.25) is 0 Å². The van der Waals surface area contributed by atoms with E-state index in [0.717, 1.165) is 21.2 Å². The molecule has 0 fully saturated rings. The van der Waals surface area contributed by atoms with Gasteiger partial charge in [-0.25, -0.2) is 0 Å². The van der Waals surface area contributed by atoms with Gasteiger partial charge < -0.3 is 5.11 Å². The third kappa shape index (κ3) is 2.69. The second-order valence-electron chi connectivity index (χ2n) is 3.66. The third-order valence-electron chi connectivity index (χ3n) is 2.12. The van der Waals surface area contributed by atoms with Gasteiger partial charge in [-0.15, -0.1) is 6.58 Å². The molecule has 0 aromatic heterocycles. The van der Waals surface area contributed by atoms with E-state index in [4.69, 9.17) is 0 Å². The summed E-state index contributed by atoms with van der Waals surface area (Å²) in [5.74, 6) is 0. The molecule has 0 amide bonds. The van der Waals surface area contributed by atoms with Gasteiger partial charge in [0.15, 0.2) is 0 Å². The topological polar surface area (TPSA) is 20.2 Å². The van der Waals surface area contributed by atoms with Gasteiger partial charge >= 0.3 is 0 Å². The number of aliphatic hydroxyl groups is 1. The number of benzene rings is 1. The molecule has 0 bridgehead atoms. The summed E-state index contributed by atoms with van der Waals surface area (Å²) in [5, 5.41) is 9.91. The Labute approximate surface area is 93.6 Å². The van der Waals surface area contributed by atoms with Crippen molar-refractivity contribution in [3.63, 3.8) is 0 Å². The maximum atomic E-state index is 9.91. The minimum absolute atomic E-state index is 0.457. The van der Waals surface area contributed by atoms with E-state index < -0.39 is 6.10 Å². The third-order valence-corrected chi connectivity index (χ3v) is 3.21. The van der Waals surface area contributed by atoms with Gasteiger partial charge in [-0.05, 0) is 31.4 Å². The number of rotatable bonds is 3. The number of halogens is 1. The molecule has 14 heavy (non-hydrogen) atoms. The van der Waals surface area contributed by atoms with E-state index in [1.54, 1.807) is 0 Å². The molecule has 0 heterocycles. The molecule has 1 aromatic carbocycles. The van der Waals surface area contributed by atoms with E-state index in [2.05, 4.69) is 22.5 Å². The second kappa shape index (κ2) is 4.76. The van der Waals surface area contributed by atoms with Crippen molar-refractivity contribution >= 4 is 15.9 Å². The van der Waals surface area contributed by atoms with Crippen molar-refractivity contribution in [3.8, 4) is 0 Å². The molecule has 76 valence electrons. The van der Waals surface area contributed by atoms with Crippen LogP contribution in [0.4, 0.5) is 0 Å². The van der Waals surface area contributed by atoms with Crippen molar-refractivity contribution in [1.29, 1.82) is 0 Å². The molecule has 1 N–H and O–H groups in total. The van der Waals surface area contributed by atoms with E-state index in [1.165, 1.54) is 0 Å². The molecule has 1 aromatic rings. The fraction of sp³-hybridized carbons (Fsp3) is 0.333. The number of aryl methyl sites for hydroxylation is 1. The summed E-state index contributed by atoms with van der Waals surface area (Å²) in [6, 6.07) is 5.91. The first-order chi connectivity index (χ1) is 6.52. The van der Waals surface area contributed by atoms with Crippen LogP contribution in [0.1, 0.15) is 30.6 Å². The van der Waals surface area contributed by atoms with Gasteiger partial charge in [0.05, 0.1) is 6.10 Å². The van der Waals surface area contributed by atoms with Crippen LogP contribution in [-0.2, 0) is 0 Å². The van der Waals surface area contributed by atoms with Crippen molar-refractivity contribution in [1.82, 2.24) is 0 Å². The predicted molar refractivity (Wildman–Crippen MR) is 63.3 cm³/mol. The lowest BCUT2D eigenvalue weighted by molar-refractivity contribution is 0.177. The highest BCUT2D eigenvalue weighted by atomic mass is 79.9. The summed E-state index contributed by atoms with van der Waals surface area (Å²) in [6.07, 6.45) is 0.156. The molecule has 1 nitrogen and oxygen atoms in total. The molecule has 1 unspecified atom stereocenters. The molecule has 0 spiro atoms. The van der Waals surface area contributed by atoms with Crippen molar-refractivity contribution < 1.29 is 5.11 Å². The van der Waals surface area contributed by atoms with Crippen LogP contribution in [0.15, 0.2) is 34.8 Å². The molecule has 2 heteroatoms. The first kappa shape index (κ1) is 11.5. The Hall–Kier alpha value is -0.600. The zero-order chi connectivity index (χ0) is 10.7. The Morgan fingerprint density at radius 1 is 1.57 bits per heavy atom. The average molecular weight is 255 g/mol. The summed E-state index contributed by atoms with van der Waals surface area (Å²) in [6.45, 7) is 7.74. The lowest BCUT2D eigenvalue weighted by Crippen LogP contribution is -1.99. The SMILES string of the molecule is C=C(C)CC(O)c1cccc(C)c1Br. The highest BCUT2D eigenvalue weighted by Gasteiger charge is 2.11. The van der Waals surface area contributed by atoms with E-state index >= 15 is 0 Å². The molecule has 1 atom stereocenters. The maximum absolute atomic E-state index is 9.91. The highest BCUT2D eigenvalue weighted by Crippen LogP contribution is 2.29. The number of hydrogen-bond acceptors (Lipinski definition) is 1. The van der Waals surface area contributed by atoms with E-state index in [1.807, 2.05) is 32.0 Å². The van der Waals surface area contributed by atoms with Crippen molar-refractivity contribution in [2.75, 3.05) is 0 Å². The molecule has 0 aliphatic heterocycles. The molecule has 0 radical (unpaired) electrons. The fourth-order valence-corrected chi connectivity index (χ4v) is 1.90. The average Bonchev–Trinajstić information content (AvgIpc) is 2.08. The first-order valence-electron chi connectivity index (χ1n) is 4.60. The Bertz CT molecular complexity index is 344. The molecule has 0 aliphatic carbocycles. The Morgan fingerprint density at radius 2 is 2.21 bits per heavy atom. The van der Waals surface area contributed by atoms with Crippen LogP contribution >= 0.6 is 15.9 Å². The molecular formula is C12H15BrO. The van der Waals surface area contributed by atoms with E-state index in [-0.39, 0.29) is 0 Å². The summed E-state index contributed by atoms with van der Waals surface area (Å²) >= 11 is 3.48. The zero-order valence-corrected chi connectivity index (χ0v) is 10.1. The largest absolute Gasteiger partial charge is 0.388 e. The fourth-order valence-electron chi connectivity index (χ4n) is 1.37. The van der Waals surface area contributed by atoms with Crippen molar-refractivity contribution in [3.05, 3.63) is 46.0 Å². The monoisotopic (exact) mass is 254 g/mol. The number of aliphatic hydroxyl groups excluding tert-OH is 1. The smallest absolute Gasteiger partial charge is 0.0837 e. The van der Waals surface area contributed by atoms with Crippen molar-refractivity contribution in [2.24, 2.45) is 0 Å². The van der Waals surface area contributed by atoms with E-state index in [9.17, 15) is 5.11 Å². The van der Waals surface area contributed by atoms with Crippen molar-refractivity contribution in [2.45, 2.75) is 26.4 Å². The minimum Gasteiger partial charge on any atom is -0.388 e.